The fourth-order valence-corrected chi connectivity index (χ4v) is 2.03. The number of carbonyl (C=O) groups excluding carboxylic acids is 1. The van der Waals surface area contributed by atoms with Gasteiger partial charge in [-0.05, 0) is 35.9 Å². The minimum Gasteiger partial charge on any atom is -0.325 e. The highest BCUT2D eigenvalue weighted by Crippen LogP contribution is 2.30. The molecule has 0 unspecified atom stereocenters. The standard InChI is InChI=1S/C16H14ClF3N2O/c17-13-6-4-11(5-7-13)9-21-10-15(23)22-14-3-1-2-12(8-14)16(18,19)20/h1-8,21H,9-10H2,(H,22,23). The fraction of sp³-hybridized carbons (Fsp3) is 0.188. The topological polar surface area (TPSA) is 41.1 Å². The molecule has 0 saturated carbocycles. The van der Waals surface area contributed by atoms with E-state index in [1.807, 2.05) is 12.1 Å². The van der Waals surface area contributed by atoms with Crippen molar-refractivity contribution in [3.63, 3.8) is 0 Å². The summed E-state index contributed by atoms with van der Waals surface area (Å²) in [7, 11) is 0. The van der Waals surface area contributed by atoms with Gasteiger partial charge in [-0.3, -0.25) is 4.79 Å². The second-order valence-corrected chi connectivity index (χ2v) is 5.29. The predicted octanol–water partition coefficient (Wildman–Crippen LogP) is 4.09. The Bertz CT molecular complexity index is 672. The van der Waals surface area contributed by atoms with Crippen LogP contribution >= 0.6 is 11.6 Å². The van der Waals surface area contributed by atoms with E-state index in [0.717, 1.165) is 17.7 Å². The molecule has 0 radical (unpaired) electrons. The first-order valence-corrected chi connectivity index (χ1v) is 7.14. The molecule has 0 spiro atoms. The molecule has 1 amide bonds. The van der Waals surface area contributed by atoms with Gasteiger partial charge in [-0.2, -0.15) is 13.2 Å². The molecule has 2 rings (SSSR count). The second-order valence-electron chi connectivity index (χ2n) is 4.86. The van der Waals surface area contributed by atoms with Crippen LogP contribution in [0, 0.1) is 0 Å². The predicted molar refractivity (Wildman–Crippen MR) is 83.2 cm³/mol. The van der Waals surface area contributed by atoms with Crippen LogP contribution in [0.3, 0.4) is 0 Å². The molecular weight excluding hydrogens is 329 g/mol. The summed E-state index contributed by atoms with van der Waals surface area (Å²) in [5.74, 6) is -0.418. The fourth-order valence-electron chi connectivity index (χ4n) is 1.90. The third-order valence-electron chi connectivity index (χ3n) is 3.00. The molecule has 2 N–H and O–H groups in total. The molecule has 2 aromatic carbocycles. The Balaban J connectivity index is 1.84. The van der Waals surface area contributed by atoms with E-state index < -0.39 is 17.6 Å². The zero-order chi connectivity index (χ0) is 16.9. The molecule has 23 heavy (non-hydrogen) atoms. The number of hydrogen-bond donors (Lipinski definition) is 2. The van der Waals surface area contributed by atoms with E-state index in [4.69, 9.17) is 11.6 Å². The van der Waals surface area contributed by atoms with Crippen LogP contribution in [-0.4, -0.2) is 12.5 Å². The van der Waals surface area contributed by atoms with E-state index in [9.17, 15) is 18.0 Å². The molecule has 0 aromatic heterocycles. The Kier molecular flexibility index (Phi) is 5.63. The number of amides is 1. The van der Waals surface area contributed by atoms with Gasteiger partial charge in [-0.25, -0.2) is 0 Å². The van der Waals surface area contributed by atoms with Crippen LogP contribution in [0.5, 0.6) is 0 Å². The van der Waals surface area contributed by atoms with Crippen LogP contribution in [0.1, 0.15) is 11.1 Å². The molecule has 0 aliphatic rings. The maximum Gasteiger partial charge on any atom is 0.416 e. The van der Waals surface area contributed by atoms with E-state index in [0.29, 0.717) is 11.6 Å². The van der Waals surface area contributed by atoms with Crippen LogP contribution in [0.25, 0.3) is 0 Å². The average Bonchev–Trinajstić information content (AvgIpc) is 2.49. The lowest BCUT2D eigenvalue weighted by Crippen LogP contribution is -2.27. The van der Waals surface area contributed by atoms with Crippen molar-refractivity contribution in [1.29, 1.82) is 0 Å². The summed E-state index contributed by atoms with van der Waals surface area (Å²) >= 11 is 5.77. The molecule has 0 heterocycles. The van der Waals surface area contributed by atoms with Crippen LogP contribution in [0.15, 0.2) is 48.5 Å². The summed E-state index contributed by atoms with van der Waals surface area (Å²) in [6.07, 6.45) is -4.44. The van der Waals surface area contributed by atoms with E-state index in [1.165, 1.54) is 12.1 Å². The third-order valence-corrected chi connectivity index (χ3v) is 3.25. The number of carbonyl (C=O) groups is 1. The molecule has 0 fully saturated rings. The van der Waals surface area contributed by atoms with Crippen molar-refractivity contribution in [3.8, 4) is 0 Å². The average molecular weight is 343 g/mol. The summed E-state index contributed by atoms with van der Waals surface area (Å²) in [4.78, 5) is 11.7. The lowest BCUT2D eigenvalue weighted by molar-refractivity contribution is -0.137. The van der Waals surface area contributed by atoms with Crippen LogP contribution in [-0.2, 0) is 17.5 Å². The van der Waals surface area contributed by atoms with Gasteiger partial charge in [0, 0.05) is 17.3 Å². The van der Waals surface area contributed by atoms with Gasteiger partial charge in [0.15, 0.2) is 0 Å². The van der Waals surface area contributed by atoms with E-state index in [-0.39, 0.29) is 12.2 Å². The largest absolute Gasteiger partial charge is 0.416 e. The van der Waals surface area contributed by atoms with Crippen LogP contribution < -0.4 is 10.6 Å². The van der Waals surface area contributed by atoms with Crippen molar-refractivity contribution < 1.29 is 18.0 Å². The first-order valence-electron chi connectivity index (χ1n) is 6.77. The number of halogens is 4. The summed E-state index contributed by atoms with van der Waals surface area (Å²) in [5.41, 5.74) is 0.254. The molecule has 0 atom stereocenters. The first kappa shape index (κ1) is 17.3. The number of rotatable bonds is 5. The van der Waals surface area contributed by atoms with Crippen molar-refractivity contribution in [3.05, 3.63) is 64.7 Å². The molecule has 3 nitrogen and oxygen atoms in total. The molecule has 122 valence electrons. The quantitative estimate of drug-likeness (QED) is 0.859. The summed E-state index contributed by atoms with van der Waals surface area (Å²) < 4.78 is 37.8. The Labute approximate surface area is 136 Å². The highest BCUT2D eigenvalue weighted by atomic mass is 35.5. The zero-order valence-electron chi connectivity index (χ0n) is 12.0. The highest BCUT2D eigenvalue weighted by molar-refractivity contribution is 6.30. The van der Waals surface area contributed by atoms with Crippen molar-refractivity contribution in [2.45, 2.75) is 12.7 Å². The van der Waals surface area contributed by atoms with Gasteiger partial charge in [-0.15, -0.1) is 0 Å². The summed E-state index contributed by atoms with van der Waals surface area (Å²) in [6, 6.07) is 11.6. The number of nitrogens with one attached hydrogen (secondary N) is 2. The van der Waals surface area contributed by atoms with Crippen molar-refractivity contribution >= 4 is 23.2 Å². The lowest BCUT2D eigenvalue weighted by atomic mass is 10.2. The van der Waals surface area contributed by atoms with Gasteiger partial charge in [0.25, 0.3) is 0 Å². The van der Waals surface area contributed by atoms with Crippen molar-refractivity contribution in [1.82, 2.24) is 5.32 Å². The number of anilines is 1. The maximum absolute atomic E-state index is 12.6. The number of benzene rings is 2. The molecule has 0 bridgehead atoms. The molecule has 0 saturated heterocycles. The van der Waals surface area contributed by atoms with Crippen molar-refractivity contribution in [2.75, 3.05) is 11.9 Å². The molecule has 0 aliphatic heterocycles. The van der Waals surface area contributed by atoms with Crippen LogP contribution in [0.4, 0.5) is 18.9 Å². The van der Waals surface area contributed by atoms with E-state index >= 15 is 0 Å². The Morgan fingerprint density at radius 1 is 1.09 bits per heavy atom. The van der Waals surface area contributed by atoms with Gasteiger partial charge in [-0.1, -0.05) is 29.8 Å². The van der Waals surface area contributed by atoms with Gasteiger partial charge in [0.2, 0.25) is 5.91 Å². The van der Waals surface area contributed by atoms with Gasteiger partial charge in [0.05, 0.1) is 12.1 Å². The Hall–Kier alpha value is -2.05. The van der Waals surface area contributed by atoms with Gasteiger partial charge >= 0.3 is 6.18 Å². The Morgan fingerprint density at radius 3 is 2.43 bits per heavy atom. The maximum atomic E-state index is 12.6. The Morgan fingerprint density at radius 2 is 1.78 bits per heavy atom. The van der Waals surface area contributed by atoms with Crippen molar-refractivity contribution in [2.24, 2.45) is 0 Å². The lowest BCUT2D eigenvalue weighted by Gasteiger charge is -2.10. The summed E-state index contributed by atoms with van der Waals surface area (Å²) in [5, 5.41) is 5.96. The van der Waals surface area contributed by atoms with E-state index in [2.05, 4.69) is 10.6 Å². The SMILES string of the molecule is O=C(CNCc1ccc(Cl)cc1)Nc1cccc(C(F)(F)F)c1. The smallest absolute Gasteiger partial charge is 0.325 e. The molecule has 0 aliphatic carbocycles. The van der Waals surface area contributed by atoms with Gasteiger partial charge < -0.3 is 10.6 Å². The number of alkyl halides is 3. The van der Waals surface area contributed by atoms with Gasteiger partial charge in [0.1, 0.15) is 0 Å². The molecular formula is C16H14ClF3N2O. The normalized spacial score (nSPS) is 11.3. The first-order chi connectivity index (χ1) is 10.8. The zero-order valence-corrected chi connectivity index (χ0v) is 12.7. The minimum atomic E-state index is -4.44. The third kappa shape index (κ3) is 5.58. The van der Waals surface area contributed by atoms with E-state index in [1.54, 1.807) is 12.1 Å². The molecule has 7 heteroatoms. The molecule has 2 aromatic rings. The minimum absolute atomic E-state index is 0.0150. The monoisotopic (exact) mass is 342 g/mol. The summed E-state index contributed by atoms with van der Waals surface area (Å²) in [6.45, 7) is 0.437. The number of hydrogen-bond acceptors (Lipinski definition) is 2. The van der Waals surface area contributed by atoms with Crippen LogP contribution in [0.2, 0.25) is 5.02 Å². The second kappa shape index (κ2) is 7.48. The highest BCUT2D eigenvalue weighted by Gasteiger charge is 2.30.